The maximum atomic E-state index is 11.1. The van der Waals surface area contributed by atoms with Crippen LogP contribution in [0, 0.1) is 0 Å². The Morgan fingerprint density at radius 2 is 1.67 bits per heavy atom. The number of hydrogen-bond donors (Lipinski definition) is 2. The zero-order valence-corrected chi connectivity index (χ0v) is 9.06. The van der Waals surface area contributed by atoms with Crippen LogP contribution in [0.4, 0.5) is 0 Å². The third-order valence-electron chi connectivity index (χ3n) is 1.73. The summed E-state index contributed by atoms with van der Waals surface area (Å²) in [5.41, 5.74) is 11.0. The molecule has 0 rings (SSSR count). The maximum absolute atomic E-state index is 11.1. The fraction of sp³-hybridized carbons (Fsp3) is 0.778. The molecule has 0 heterocycles. The number of ether oxygens (including phenoxy) is 2. The van der Waals surface area contributed by atoms with Gasteiger partial charge in [-0.3, -0.25) is 9.59 Å². The van der Waals surface area contributed by atoms with Gasteiger partial charge in [0.15, 0.2) is 0 Å². The van der Waals surface area contributed by atoms with Gasteiger partial charge in [-0.25, -0.2) is 0 Å². The van der Waals surface area contributed by atoms with Gasteiger partial charge >= 0.3 is 11.9 Å². The molecule has 0 radical (unpaired) electrons. The van der Waals surface area contributed by atoms with Crippen LogP contribution < -0.4 is 11.5 Å². The van der Waals surface area contributed by atoms with Crippen molar-refractivity contribution >= 4 is 11.9 Å². The number of rotatable bonds is 6. The Morgan fingerprint density at radius 3 is 2.13 bits per heavy atom. The first-order chi connectivity index (χ1) is 7.02. The average Bonchev–Trinajstić information content (AvgIpc) is 2.17. The van der Waals surface area contributed by atoms with Crippen molar-refractivity contribution in [3.05, 3.63) is 0 Å². The molecule has 0 bridgehead atoms. The molecule has 0 aromatic carbocycles. The Morgan fingerprint density at radius 1 is 1.13 bits per heavy atom. The average molecular weight is 218 g/mol. The van der Waals surface area contributed by atoms with Gasteiger partial charge in [-0.2, -0.15) is 0 Å². The lowest BCUT2D eigenvalue weighted by Gasteiger charge is -2.17. The molecule has 15 heavy (non-hydrogen) atoms. The Balaban J connectivity index is 4.02. The largest absolute Gasteiger partial charge is 0.466 e. The second kappa shape index (κ2) is 7.19. The van der Waals surface area contributed by atoms with Crippen molar-refractivity contribution in [3.63, 3.8) is 0 Å². The van der Waals surface area contributed by atoms with E-state index in [0.29, 0.717) is 0 Å². The summed E-state index contributed by atoms with van der Waals surface area (Å²) in [7, 11) is 0. The zero-order chi connectivity index (χ0) is 11.8. The van der Waals surface area contributed by atoms with Gasteiger partial charge in [-0.1, -0.05) is 0 Å². The highest BCUT2D eigenvalue weighted by Crippen LogP contribution is 1.98. The van der Waals surface area contributed by atoms with E-state index in [1.165, 1.54) is 0 Å². The van der Waals surface area contributed by atoms with E-state index < -0.39 is 24.0 Å². The van der Waals surface area contributed by atoms with E-state index in [0.717, 1.165) is 0 Å². The number of carbonyl (C=O) groups excluding carboxylic acids is 2. The summed E-state index contributed by atoms with van der Waals surface area (Å²) in [6, 6.07) is -1.77. The minimum Gasteiger partial charge on any atom is -0.466 e. The van der Waals surface area contributed by atoms with E-state index in [9.17, 15) is 9.59 Å². The van der Waals surface area contributed by atoms with Gasteiger partial charge in [0.05, 0.1) is 19.6 Å². The van der Waals surface area contributed by atoms with Gasteiger partial charge in [0.25, 0.3) is 0 Å². The lowest BCUT2D eigenvalue weighted by atomic mass is 10.1. The van der Waals surface area contributed by atoms with Crippen LogP contribution in [0.25, 0.3) is 0 Å². The summed E-state index contributed by atoms with van der Waals surface area (Å²) in [5.74, 6) is -1.07. The normalized spacial score (nSPS) is 14.1. The molecular weight excluding hydrogens is 200 g/mol. The van der Waals surface area contributed by atoms with Crippen LogP contribution in [-0.2, 0) is 19.1 Å². The van der Waals surface area contributed by atoms with Gasteiger partial charge in [-0.05, 0) is 13.8 Å². The van der Waals surface area contributed by atoms with Crippen LogP contribution in [0.2, 0.25) is 0 Å². The molecule has 0 spiro atoms. The predicted octanol–water partition coefficient (Wildman–Crippen LogP) is -0.843. The number of esters is 2. The minimum absolute atomic E-state index is 0.0895. The van der Waals surface area contributed by atoms with E-state index in [1.54, 1.807) is 13.8 Å². The summed E-state index contributed by atoms with van der Waals surface area (Å²) in [6.07, 6.45) is -0.0895. The standard InChI is InChI=1S/C9H18N2O4/c1-3-14-7(12)5-6(10)8(11)9(13)15-4-2/h6,8H,3-5,10-11H2,1-2H3/t6?,8-/m0/s1. The first kappa shape index (κ1) is 13.9. The summed E-state index contributed by atoms with van der Waals surface area (Å²) in [5, 5.41) is 0. The molecule has 0 fully saturated rings. The predicted molar refractivity (Wildman–Crippen MR) is 53.8 cm³/mol. The number of carbonyl (C=O) groups is 2. The highest BCUT2D eigenvalue weighted by molar-refractivity contribution is 5.78. The molecule has 0 aliphatic rings. The van der Waals surface area contributed by atoms with E-state index in [-0.39, 0.29) is 19.6 Å². The summed E-state index contributed by atoms with van der Waals surface area (Å²) >= 11 is 0. The highest BCUT2D eigenvalue weighted by Gasteiger charge is 2.25. The zero-order valence-electron chi connectivity index (χ0n) is 9.06. The third-order valence-corrected chi connectivity index (χ3v) is 1.73. The summed E-state index contributed by atoms with van der Waals surface area (Å²) in [4.78, 5) is 22.2. The van der Waals surface area contributed by atoms with Crippen molar-refractivity contribution in [2.45, 2.75) is 32.4 Å². The SMILES string of the molecule is CCOC(=O)CC(N)[C@H](N)C(=O)OCC. The minimum atomic E-state index is -0.991. The molecule has 0 aromatic heterocycles. The van der Waals surface area contributed by atoms with E-state index >= 15 is 0 Å². The molecule has 0 saturated heterocycles. The Labute approximate surface area is 88.9 Å². The Bertz CT molecular complexity index is 220. The van der Waals surface area contributed by atoms with Gasteiger partial charge in [0.1, 0.15) is 6.04 Å². The summed E-state index contributed by atoms with van der Waals surface area (Å²) < 4.78 is 9.35. The van der Waals surface area contributed by atoms with Crippen LogP contribution in [0.5, 0.6) is 0 Å². The molecule has 1 unspecified atom stereocenters. The van der Waals surface area contributed by atoms with Crippen molar-refractivity contribution in [2.24, 2.45) is 11.5 Å². The fourth-order valence-corrected chi connectivity index (χ4v) is 0.953. The molecule has 6 nitrogen and oxygen atoms in total. The van der Waals surface area contributed by atoms with E-state index in [1.807, 2.05) is 0 Å². The highest BCUT2D eigenvalue weighted by atomic mass is 16.5. The van der Waals surface area contributed by atoms with Gasteiger partial charge in [0.2, 0.25) is 0 Å². The lowest BCUT2D eigenvalue weighted by Crippen LogP contribution is -2.49. The molecule has 0 aliphatic heterocycles. The second-order valence-electron chi connectivity index (χ2n) is 2.95. The van der Waals surface area contributed by atoms with Crippen LogP contribution in [-0.4, -0.2) is 37.2 Å². The number of nitrogens with two attached hydrogens (primary N) is 2. The van der Waals surface area contributed by atoms with Gasteiger partial charge < -0.3 is 20.9 Å². The quantitative estimate of drug-likeness (QED) is 0.563. The summed E-state index contributed by atoms with van der Waals surface area (Å²) in [6.45, 7) is 3.87. The van der Waals surface area contributed by atoms with Crippen molar-refractivity contribution in [1.82, 2.24) is 0 Å². The molecule has 4 N–H and O–H groups in total. The Kier molecular flexibility index (Phi) is 6.64. The van der Waals surface area contributed by atoms with Crippen LogP contribution in [0.3, 0.4) is 0 Å². The van der Waals surface area contributed by atoms with Crippen molar-refractivity contribution in [2.75, 3.05) is 13.2 Å². The topological polar surface area (TPSA) is 105 Å². The van der Waals surface area contributed by atoms with Crippen LogP contribution in [0.1, 0.15) is 20.3 Å². The van der Waals surface area contributed by atoms with Crippen molar-refractivity contribution < 1.29 is 19.1 Å². The molecule has 0 saturated carbocycles. The maximum Gasteiger partial charge on any atom is 0.324 e. The van der Waals surface area contributed by atoms with E-state index in [2.05, 4.69) is 9.47 Å². The fourth-order valence-electron chi connectivity index (χ4n) is 0.953. The van der Waals surface area contributed by atoms with Gasteiger partial charge in [0, 0.05) is 6.04 Å². The molecule has 2 atom stereocenters. The third kappa shape index (κ3) is 5.34. The molecule has 0 amide bonds. The van der Waals surface area contributed by atoms with Crippen molar-refractivity contribution in [1.29, 1.82) is 0 Å². The number of hydrogen-bond acceptors (Lipinski definition) is 6. The van der Waals surface area contributed by atoms with Crippen LogP contribution in [0.15, 0.2) is 0 Å². The molecular formula is C9H18N2O4. The molecule has 6 heteroatoms. The first-order valence-electron chi connectivity index (χ1n) is 4.86. The first-order valence-corrected chi connectivity index (χ1v) is 4.86. The molecule has 0 aromatic rings. The van der Waals surface area contributed by atoms with Gasteiger partial charge in [-0.15, -0.1) is 0 Å². The second-order valence-corrected chi connectivity index (χ2v) is 2.95. The Hall–Kier alpha value is -1.14. The lowest BCUT2D eigenvalue weighted by molar-refractivity contribution is -0.146. The molecule has 88 valence electrons. The van der Waals surface area contributed by atoms with Crippen LogP contribution >= 0.6 is 0 Å². The smallest absolute Gasteiger partial charge is 0.324 e. The van der Waals surface area contributed by atoms with E-state index in [4.69, 9.17) is 11.5 Å². The van der Waals surface area contributed by atoms with Crippen molar-refractivity contribution in [3.8, 4) is 0 Å². The monoisotopic (exact) mass is 218 g/mol. The molecule has 0 aliphatic carbocycles.